The molecule has 1 aromatic rings. The van der Waals surface area contributed by atoms with E-state index in [0.29, 0.717) is 6.61 Å². The fraction of sp³-hybridized carbons (Fsp3) is 0.625. The van der Waals surface area contributed by atoms with Crippen molar-refractivity contribution < 1.29 is 9.84 Å². The van der Waals surface area contributed by atoms with Crippen LogP contribution in [0.1, 0.15) is 51.9 Å². The molecular weight excluding hydrogens is 238 g/mol. The summed E-state index contributed by atoms with van der Waals surface area (Å²) in [4.78, 5) is 0. The molecule has 0 heterocycles. The molecule has 0 saturated carbocycles. The summed E-state index contributed by atoms with van der Waals surface area (Å²) in [6, 6.07) is 7.25. The van der Waals surface area contributed by atoms with E-state index in [1.165, 1.54) is 32.1 Å². The molecule has 3 N–H and O–H groups in total. The van der Waals surface area contributed by atoms with Crippen molar-refractivity contribution in [1.29, 1.82) is 0 Å². The molecule has 0 amide bonds. The molecular formula is C16H27NO2. The van der Waals surface area contributed by atoms with Crippen molar-refractivity contribution in [1.82, 2.24) is 0 Å². The summed E-state index contributed by atoms with van der Waals surface area (Å²) in [5.41, 5.74) is 6.32. The molecule has 0 radical (unpaired) electrons. The lowest BCUT2D eigenvalue weighted by molar-refractivity contribution is 0.0975. The minimum absolute atomic E-state index is 0.360. The molecule has 0 aliphatic rings. The summed E-state index contributed by atoms with van der Waals surface area (Å²) in [5, 5.41) is 9.82. The molecule has 0 aliphatic carbocycles. The van der Waals surface area contributed by atoms with Gasteiger partial charge in [0.1, 0.15) is 12.4 Å². The highest BCUT2D eigenvalue weighted by molar-refractivity contribution is 5.41. The second kappa shape index (κ2) is 9.68. The van der Waals surface area contributed by atoms with Crippen LogP contribution in [0.15, 0.2) is 24.3 Å². The molecule has 3 nitrogen and oxygen atoms in total. The highest BCUT2D eigenvalue weighted by Crippen LogP contribution is 2.14. The van der Waals surface area contributed by atoms with Gasteiger partial charge in [0.15, 0.2) is 0 Å². The number of benzene rings is 1. The molecule has 0 aromatic heterocycles. The van der Waals surface area contributed by atoms with E-state index in [4.69, 9.17) is 10.5 Å². The first-order chi connectivity index (χ1) is 9.22. The first-order valence-electron chi connectivity index (χ1n) is 7.38. The largest absolute Gasteiger partial charge is 0.491 e. The Balaban J connectivity index is 2.04. The molecule has 1 aromatic carbocycles. The van der Waals surface area contributed by atoms with Gasteiger partial charge in [-0.2, -0.15) is 0 Å². The Labute approximate surface area is 116 Å². The summed E-state index contributed by atoms with van der Waals surface area (Å²) in [7, 11) is 0. The van der Waals surface area contributed by atoms with Gasteiger partial charge in [0.25, 0.3) is 0 Å². The van der Waals surface area contributed by atoms with E-state index in [1.807, 2.05) is 12.1 Å². The third kappa shape index (κ3) is 7.73. The summed E-state index contributed by atoms with van der Waals surface area (Å²) >= 11 is 0. The smallest absolute Gasteiger partial charge is 0.119 e. The Hall–Kier alpha value is -1.22. The number of hydrogen-bond acceptors (Lipinski definition) is 3. The predicted octanol–water partition coefficient (Wildman–Crippen LogP) is 3.76. The van der Waals surface area contributed by atoms with Crippen molar-refractivity contribution in [3.63, 3.8) is 0 Å². The number of aliphatic hydroxyl groups excluding tert-OH is 1. The maximum atomic E-state index is 9.82. The van der Waals surface area contributed by atoms with Gasteiger partial charge in [-0.3, -0.25) is 0 Å². The molecule has 19 heavy (non-hydrogen) atoms. The number of nitrogens with two attached hydrogens (primary N) is 1. The lowest BCUT2D eigenvalue weighted by Gasteiger charge is -2.12. The van der Waals surface area contributed by atoms with Crippen LogP contribution in [0.2, 0.25) is 0 Å². The average Bonchev–Trinajstić information content (AvgIpc) is 2.42. The number of rotatable bonds is 10. The summed E-state index contributed by atoms with van der Waals surface area (Å²) < 4.78 is 5.51. The minimum atomic E-state index is -0.372. The van der Waals surface area contributed by atoms with Crippen molar-refractivity contribution in [2.45, 2.75) is 58.0 Å². The second-order valence-electron chi connectivity index (χ2n) is 5.09. The average molecular weight is 265 g/mol. The monoisotopic (exact) mass is 265 g/mol. The van der Waals surface area contributed by atoms with Gasteiger partial charge < -0.3 is 15.6 Å². The predicted molar refractivity (Wildman–Crippen MR) is 80.3 cm³/mol. The standard InChI is InChI=1S/C16H27NO2/c1-2-3-4-5-6-7-8-15(18)13-19-16-11-9-14(17)10-12-16/h9-12,15,18H,2-8,13,17H2,1H3. The minimum Gasteiger partial charge on any atom is -0.491 e. The van der Waals surface area contributed by atoms with Gasteiger partial charge in [-0.25, -0.2) is 0 Å². The van der Waals surface area contributed by atoms with Crippen LogP contribution in [0.3, 0.4) is 0 Å². The highest BCUT2D eigenvalue weighted by atomic mass is 16.5. The molecule has 1 rings (SSSR count). The zero-order valence-corrected chi connectivity index (χ0v) is 12.0. The zero-order valence-electron chi connectivity index (χ0n) is 12.0. The van der Waals surface area contributed by atoms with Crippen LogP contribution in [0, 0.1) is 0 Å². The Morgan fingerprint density at radius 2 is 1.68 bits per heavy atom. The first kappa shape index (κ1) is 15.8. The Kier molecular flexibility index (Phi) is 8.07. The van der Waals surface area contributed by atoms with Crippen molar-refractivity contribution in [2.75, 3.05) is 12.3 Å². The summed E-state index contributed by atoms with van der Waals surface area (Å²) in [6.07, 6.45) is 7.92. The van der Waals surface area contributed by atoms with Crippen molar-refractivity contribution in [2.24, 2.45) is 0 Å². The molecule has 108 valence electrons. The maximum absolute atomic E-state index is 9.82. The van der Waals surface area contributed by atoms with Gasteiger partial charge in [-0.15, -0.1) is 0 Å². The number of nitrogen functional groups attached to an aromatic ring is 1. The normalized spacial score (nSPS) is 12.3. The fourth-order valence-electron chi connectivity index (χ4n) is 2.00. The van der Waals surface area contributed by atoms with Gasteiger partial charge in [0.2, 0.25) is 0 Å². The quantitative estimate of drug-likeness (QED) is 0.500. The number of unbranched alkanes of at least 4 members (excludes halogenated alkanes) is 5. The van der Waals surface area contributed by atoms with Crippen LogP contribution >= 0.6 is 0 Å². The molecule has 0 aliphatic heterocycles. The first-order valence-corrected chi connectivity index (χ1v) is 7.38. The van der Waals surface area contributed by atoms with Gasteiger partial charge in [0.05, 0.1) is 6.10 Å². The van der Waals surface area contributed by atoms with Crippen LogP contribution in [-0.4, -0.2) is 17.8 Å². The third-order valence-electron chi connectivity index (χ3n) is 3.21. The Morgan fingerprint density at radius 3 is 2.37 bits per heavy atom. The van der Waals surface area contributed by atoms with Gasteiger partial charge in [-0.05, 0) is 30.7 Å². The molecule has 0 bridgehead atoms. The van der Waals surface area contributed by atoms with E-state index in [1.54, 1.807) is 12.1 Å². The summed E-state index contributed by atoms with van der Waals surface area (Å²) in [6.45, 7) is 2.58. The number of ether oxygens (including phenoxy) is 1. The number of hydrogen-bond donors (Lipinski definition) is 2. The molecule has 3 heteroatoms. The van der Waals surface area contributed by atoms with E-state index in [0.717, 1.165) is 24.3 Å². The molecule has 1 atom stereocenters. The topological polar surface area (TPSA) is 55.5 Å². The number of aliphatic hydroxyl groups is 1. The maximum Gasteiger partial charge on any atom is 0.119 e. The summed E-state index contributed by atoms with van der Waals surface area (Å²) in [5.74, 6) is 0.760. The van der Waals surface area contributed by atoms with E-state index >= 15 is 0 Å². The van der Waals surface area contributed by atoms with Gasteiger partial charge in [-0.1, -0.05) is 45.4 Å². The Morgan fingerprint density at radius 1 is 1.05 bits per heavy atom. The van der Waals surface area contributed by atoms with Crippen LogP contribution in [0.4, 0.5) is 5.69 Å². The van der Waals surface area contributed by atoms with Crippen molar-refractivity contribution in [3.05, 3.63) is 24.3 Å². The van der Waals surface area contributed by atoms with E-state index in [2.05, 4.69) is 6.92 Å². The zero-order chi connectivity index (χ0) is 13.9. The molecule has 0 spiro atoms. The molecule has 0 fully saturated rings. The van der Waals surface area contributed by atoms with Crippen LogP contribution < -0.4 is 10.5 Å². The Bertz CT molecular complexity index is 324. The van der Waals surface area contributed by atoms with Crippen LogP contribution in [0.5, 0.6) is 5.75 Å². The van der Waals surface area contributed by atoms with Crippen LogP contribution in [-0.2, 0) is 0 Å². The lowest BCUT2D eigenvalue weighted by Crippen LogP contribution is -2.17. The molecule has 1 unspecified atom stereocenters. The van der Waals surface area contributed by atoms with Crippen LogP contribution in [0.25, 0.3) is 0 Å². The van der Waals surface area contributed by atoms with E-state index in [9.17, 15) is 5.11 Å². The van der Waals surface area contributed by atoms with Gasteiger partial charge in [0, 0.05) is 5.69 Å². The SMILES string of the molecule is CCCCCCCCC(O)COc1ccc(N)cc1. The van der Waals surface area contributed by atoms with E-state index in [-0.39, 0.29) is 6.10 Å². The molecule has 0 saturated heterocycles. The van der Waals surface area contributed by atoms with Gasteiger partial charge >= 0.3 is 0 Å². The van der Waals surface area contributed by atoms with E-state index < -0.39 is 0 Å². The second-order valence-corrected chi connectivity index (χ2v) is 5.09. The lowest BCUT2D eigenvalue weighted by atomic mass is 10.1. The van der Waals surface area contributed by atoms with Crippen molar-refractivity contribution >= 4 is 5.69 Å². The third-order valence-corrected chi connectivity index (χ3v) is 3.21. The number of anilines is 1. The highest BCUT2D eigenvalue weighted by Gasteiger charge is 2.05. The van der Waals surface area contributed by atoms with Crippen molar-refractivity contribution in [3.8, 4) is 5.75 Å². The fourth-order valence-corrected chi connectivity index (χ4v) is 2.00.